The molecule has 0 aromatic heterocycles. The van der Waals surface area contributed by atoms with Gasteiger partial charge < -0.3 is 15.8 Å². The third-order valence-electron chi connectivity index (χ3n) is 2.40. The molecule has 1 fully saturated rings. The smallest absolute Gasteiger partial charge is 0.239 e. The van der Waals surface area contributed by atoms with Gasteiger partial charge in [-0.2, -0.15) is 0 Å². The summed E-state index contributed by atoms with van der Waals surface area (Å²) < 4.78 is 5.23. The van der Waals surface area contributed by atoms with E-state index in [2.05, 4.69) is 10.2 Å². The van der Waals surface area contributed by atoms with E-state index in [0.29, 0.717) is 6.54 Å². The molecule has 1 heterocycles. The molecule has 88 valence electrons. The molecule has 1 aliphatic rings. The maximum Gasteiger partial charge on any atom is 0.239 e. The lowest BCUT2D eigenvalue weighted by molar-refractivity contribution is -0.125. The number of nitrogens with two attached hydrogens (primary N) is 1. The summed E-state index contributed by atoms with van der Waals surface area (Å²) in [4.78, 5) is 13.7. The molecule has 0 radical (unpaired) electrons. The molecule has 1 saturated heterocycles. The Morgan fingerprint density at radius 2 is 2.07 bits per heavy atom. The first-order chi connectivity index (χ1) is 7.00. The Kier molecular flexibility index (Phi) is 4.50. The highest BCUT2D eigenvalue weighted by molar-refractivity contribution is 5.84. The van der Waals surface area contributed by atoms with E-state index in [1.165, 1.54) is 0 Å². The number of nitrogens with one attached hydrogen (secondary N) is 1. The van der Waals surface area contributed by atoms with Crippen LogP contribution in [0.3, 0.4) is 0 Å². The summed E-state index contributed by atoms with van der Waals surface area (Å²) in [5.74, 6) is -0.101. The van der Waals surface area contributed by atoms with Gasteiger partial charge in [0.05, 0.1) is 18.8 Å². The lowest BCUT2D eigenvalue weighted by Gasteiger charge is -2.27. The minimum atomic E-state index is -0.787. The second-order valence-corrected chi connectivity index (χ2v) is 4.43. The van der Waals surface area contributed by atoms with Crippen LogP contribution >= 0.6 is 0 Å². The summed E-state index contributed by atoms with van der Waals surface area (Å²) >= 11 is 0. The highest BCUT2D eigenvalue weighted by Crippen LogP contribution is 1.97. The van der Waals surface area contributed by atoms with Crippen LogP contribution in [0.4, 0.5) is 0 Å². The van der Waals surface area contributed by atoms with Gasteiger partial charge in [0.25, 0.3) is 0 Å². The average Bonchev–Trinajstić information content (AvgIpc) is 2.18. The normalized spacial score (nSPS) is 18.9. The van der Waals surface area contributed by atoms with Gasteiger partial charge in [0, 0.05) is 26.2 Å². The predicted octanol–water partition coefficient (Wildman–Crippen LogP) is -0.828. The van der Waals surface area contributed by atoms with E-state index in [-0.39, 0.29) is 5.91 Å². The molecular weight excluding hydrogens is 194 g/mol. The van der Waals surface area contributed by atoms with Crippen LogP contribution in [0.1, 0.15) is 13.8 Å². The van der Waals surface area contributed by atoms with Gasteiger partial charge in [-0.15, -0.1) is 0 Å². The maximum absolute atomic E-state index is 11.4. The lowest BCUT2D eigenvalue weighted by atomic mass is 10.1. The van der Waals surface area contributed by atoms with E-state index < -0.39 is 5.54 Å². The molecule has 0 aliphatic carbocycles. The fraction of sp³-hybridized carbons (Fsp3) is 0.900. The number of hydrogen-bond donors (Lipinski definition) is 2. The molecular formula is C10H21N3O2. The van der Waals surface area contributed by atoms with Crippen LogP contribution in [-0.2, 0) is 9.53 Å². The summed E-state index contributed by atoms with van der Waals surface area (Å²) in [5.41, 5.74) is 4.87. The van der Waals surface area contributed by atoms with Gasteiger partial charge in [-0.05, 0) is 13.8 Å². The van der Waals surface area contributed by atoms with Crippen LogP contribution in [0, 0.1) is 0 Å². The molecule has 1 rings (SSSR count). The van der Waals surface area contributed by atoms with E-state index >= 15 is 0 Å². The topological polar surface area (TPSA) is 67.6 Å². The van der Waals surface area contributed by atoms with Gasteiger partial charge in [-0.3, -0.25) is 9.69 Å². The monoisotopic (exact) mass is 215 g/mol. The highest BCUT2D eigenvalue weighted by atomic mass is 16.5. The molecule has 0 aromatic carbocycles. The molecule has 3 N–H and O–H groups in total. The Morgan fingerprint density at radius 1 is 1.47 bits per heavy atom. The molecule has 0 aromatic rings. The van der Waals surface area contributed by atoms with Gasteiger partial charge in [0.2, 0.25) is 5.91 Å². The van der Waals surface area contributed by atoms with Crippen LogP contribution in [0.2, 0.25) is 0 Å². The van der Waals surface area contributed by atoms with E-state index in [0.717, 1.165) is 32.8 Å². The summed E-state index contributed by atoms with van der Waals surface area (Å²) in [6.45, 7) is 8.40. The van der Waals surface area contributed by atoms with E-state index in [4.69, 9.17) is 10.5 Å². The molecule has 0 saturated carbocycles. The summed E-state index contributed by atoms with van der Waals surface area (Å²) in [7, 11) is 0. The van der Waals surface area contributed by atoms with Crippen molar-refractivity contribution in [3.63, 3.8) is 0 Å². The number of ether oxygens (including phenoxy) is 1. The third-order valence-corrected chi connectivity index (χ3v) is 2.40. The van der Waals surface area contributed by atoms with E-state index in [9.17, 15) is 4.79 Å². The molecule has 0 unspecified atom stereocenters. The minimum absolute atomic E-state index is 0.101. The lowest BCUT2D eigenvalue weighted by Crippen LogP contribution is -2.51. The summed E-state index contributed by atoms with van der Waals surface area (Å²) in [6, 6.07) is 0. The van der Waals surface area contributed by atoms with Crippen LogP contribution < -0.4 is 11.1 Å². The first-order valence-electron chi connectivity index (χ1n) is 5.37. The van der Waals surface area contributed by atoms with Crippen molar-refractivity contribution in [2.75, 3.05) is 39.4 Å². The SMILES string of the molecule is CC(C)(N)C(=O)NCCN1CCOCC1. The molecule has 15 heavy (non-hydrogen) atoms. The number of carbonyl (C=O) groups is 1. The zero-order valence-corrected chi connectivity index (χ0v) is 9.58. The van der Waals surface area contributed by atoms with Crippen molar-refractivity contribution in [3.05, 3.63) is 0 Å². The zero-order chi connectivity index (χ0) is 11.3. The van der Waals surface area contributed by atoms with Gasteiger partial charge in [-0.25, -0.2) is 0 Å². The number of rotatable bonds is 4. The largest absolute Gasteiger partial charge is 0.379 e. The van der Waals surface area contributed by atoms with Crippen LogP contribution in [0.15, 0.2) is 0 Å². The van der Waals surface area contributed by atoms with Crippen LogP contribution in [-0.4, -0.2) is 55.7 Å². The predicted molar refractivity (Wildman–Crippen MR) is 58.5 cm³/mol. The minimum Gasteiger partial charge on any atom is -0.379 e. The first kappa shape index (κ1) is 12.4. The molecule has 0 atom stereocenters. The van der Waals surface area contributed by atoms with Crippen LogP contribution in [0.5, 0.6) is 0 Å². The number of nitrogens with zero attached hydrogens (tertiary/aromatic N) is 1. The Hall–Kier alpha value is -0.650. The standard InChI is InChI=1S/C10H21N3O2/c1-10(2,11)9(14)12-3-4-13-5-7-15-8-6-13/h3-8,11H2,1-2H3,(H,12,14). The Bertz CT molecular complexity index is 207. The van der Waals surface area contributed by atoms with Gasteiger partial charge in [-0.1, -0.05) is 0 Å². The molecule has 0 spiro atoms. The molecule has 1 aliphatic heterocycles. The Morgan fingerprint density at radius 3 is 2.60 bits per heavy atom. The maximum atomic E-state index is 11.4. The van der Waals surface area contributed by atoms with Crippen molar-refractivity contribution in [3.8, 4) is 0 Å². The number of carbonyl (C=O) groups excluding carboxylic acids is 1. The second-order valence-electron chi connectivity index (χ2n) is 4.43. The van der Waals surface area contributed by atoms with E-state index in [1.807, 2.05) is 0 Å². The highest BCUT2D eigenvalue weighted by Gasteiger charge is 2.21. The van der Waals surface area contributed by atoms with Crippen LogP contribution in [0.25, 0.3) is 0 Å². The Labute approximate surface area is 90.9 Å². The van der Waals surface area contributed by atoms with Crippen molar-refractivity contribution in [2.45, 2.75) is 19.4 Å². The second kappa shape index (κ2) is 5.44. The van der Waals surface area contributed by atoms with Crippen molar-refractivity contribution >= 4 is 5.91 Å². The van der Waals surface area contributed by atoms with Gasteiger partial charge in [0.15, 0.2) is 0 Å². The number of hydrogen-bond acceptors (Lipinski definition) is 4. The fourth-order valence-electron chi connectivity index (χ4n) is 1.38. The molecule has 0 bridgehead atoms. The van der Waals surface area contributed by atoms with Crippen molar-refractivity contribution < 1.29 is 9.53 Å². The van der Waals surface area contributed by atoms with Crippen molar-refractivity contribution in [1.29, 1.82) is 0 Å². The van der Waals surface area contributed by atoms with Gasteiger partial charge in [0.1, 0.15) is 0 Å². The molecule has 5 heteroatoms. The Balaban J connectivity index is 2.12. The third kappa shape index (κ3) is 4.59. The van der Waals surface area contributed by atoms with Gasteiger partial charge >= 0.3 is 0 Å². The molecule has 5 nitrogen and oxygen atoms in total. The first-order valence-corrected chi connectivity index (χ1v) is 5.37. The van der Waals surface area contributed by atoms with E-state index in [1.54, 1.807) is 13.8 Å². The number of amides is 1. The van der Waals surface area contributed by atoms with Crippen molar-refractivity contribution in [2.24, 2.45) is 5.73 Å². The zero-order valence-electron chi connectivity index (χ0n) is 9.58. The quantitative estimate of drug-likeness (QED) is 0.642. The fourth-order valence-corrected chi connectivity index (χ4v) is 1.38. The summed E-state index contributed by atoms with van der Waals surface area (Å²) in [6.07, 6.45) is 0. The van der Waals surface area contributed by atoms with Crippen molar-refractivity contribution in [1.82, 2.24) is 10.2 Å². The number of morpholine rings is 1. The average molecular weight is 215 g/mol. The summed E-state index contributed by atoms with van der Waals surface area (Å²) in [5, 5.41) is 2.82. The molecule has 1 amide bonds.